The molecule has 5 heteroatoms. The molecule has 1 aliphatic rings. The third-order valence-electron chi connectivity index (χ3n) is 3.75. The van der Waals surface area contributed by atoms with Crippen LogP contribution in [-0.2, 0) is 11.3 Å². The highest BCUT2D eigenvalue weighted by Crippen LogP contribution is 2.32. The monoisotopic (exact) mass is 265 g/mol. The summed E-state index contributed by atoms with van der Waals surface area (Å²) in [5, 5.41) is 28.3. The topological polar surface area (TPSA) is 81.0 Å². The van der Waals surface area contributed by atoms with Gasteiger partial charge in [-0.15, -0.1) is 0 Å². The molecular formula is C14H19NO4. The normalized spacial score (nSPS) is 24.3. The van der Waals surface area contributed by atoms with Crippen LogP contribution < -0.4 is 0 Å². The molecule has 0 radical (unpaired) electrons. The minimum absolute atomic E-state index is 0.0234. The van der Waals surface area contributed by atoms with Gasteiger partial charge in [0.15, 0.2) is 0 Å². The Hall–Kier alpha value is -1.75. The van der Waals surface area contributed by atoms with E-state index in [1.165, 1.54) is 12.1 Å². The van der Waals surface area contributed by atoms with Crippen LogP contribution in [0.1, 0.15) is 25.3 Å². The molecular weight excluding hydrogens is 246 g/mol. The number of carboxylic acids is 1. The van der Waals surface area contributed by atoms with E-state index in [-0.39, 0.29) is 11.5 Å². The fraction of sp³-hybridized carbons (Fsp3) is 0.500. The van der Waals surface area contributed by atoms with Crippen LogP contribution in [0.3, 0.4) is 0 Å². The maximum absolute atomic E-state index is 11.3. The molecule has 0 aromatic heterocycles. The summed E-state index contributed by atoms with van der Waals surface area (Å²) < 4.78 is 0. The number of carbonyl (C=O) groups is 1. The van der Waals surface area contributed by atoms with Gasteiger partial charge in [-0.2, -0.15) is 0 Å². The fourth-order valence-corrected chi connectivity index (χ4v) is 2.58. The summed E-state index contributed by atoms with van der Waals surface area (Å²) in [4.78, 5) is 13.3. The second kappa shape index (κ2) is 5.09. The van der Waals surface area contributed by atoms with E-state index >= 15 is 0 Å². The van der Waals surface area contributed by atoms with Crippen molar-refractivity contribution in [3.8, 4) is 11.5 Å². The second-order valence-electron chi connectivity index (χ2n) is 5.49. The van der Waals surface area contributed by atoms with Gasteiger partial charge >= 0.3 is 5.97 Å². The lowest BCUT2D eigenvalue weighted by atomic mass is 9.82. The first-order valence-corrected chi connectivity index (χ1v) is 6.37. The van der Waals surface area contributed by atoms with E-state index < -0.39 is 11.4 Å². The van der Waals surface area contributed by atoms with E-state index in [0.29, 0.717) is 25.1 Å². The smallest absolute Gasteiger partial charge is 0.310 e. The van der Waals surface area contributed by atoms with E-state index in [0.717, 1.165) is 13.0 Å². The van der Waals surface area contributed by atoms with E-state index in [2.05, 4.69) is 0 Å². The number of rotatable bonds is 3. The molecule has 104 valence electrons. The van der Waals surface area contributed by atoms with E-state index in [1.54, 1.807) is 13.0 Å². The molecule has 0 bridgehead atoms. The number of carboxylic acid groups (broad SMARTS) is 1. The number of benzene rings is 1. The summed E-state index contributed by atoms with van der Waals surface area (Å²) >= 11 is 0. The Kier molecular flexibility index (Phi) is 3.66. The van der Waals surface area contributed by atoms with E-state index in [9.17, 15) is 20.1 Å². The number of hydrogen-bond donors (Lipinski definition) is 3. The quantitative estimate of drug-likeness (QED) is 0.776. The number of phenols is 2. The lowest BCUT2D eigenvalue weighted by Gasteiger charge is -2.37. The van der Waals surface area contributed by atoms with E-state index in [4.69, 9.17) is 0 Å². The highest BCUT2D eigenvalue weighted by molar-refractivity contribution is 5.74. The molecule has 3 N–H and O–H groups in total. The molecule has 5 nitrogen and oxygen atoms in total. The summed E-state index contributed by atoms with van der Waals surface area (Å²) in [5.74, 6) is -0.704. The number of phenolic OH excluding ortho intramolecular Hbond substituents is 2. The average molecular weight is 265 g/mol. The Labute approximate surface area is 112 Å². The fourth-order valence-electron chi connectivity index (χ4n) is 2.58. The molecule has 0 spiro atoms. The van der Waals surface area contributed by atoms with Crippen LogP contribution >= 0.6 is 0 Å². The summed E-state index contributed by atoms with van der Waals surface area (Å²) in [6, 6.07) is 4.49. The average Bonchev–Trinajstić information content (AvgIpc) is 2.33. The maximum atomic E-state index is 11.3. The molecule has 1 unspecified atom stereocenters. The van der Waals surface area contributed by atoms with Crippen LogP contribution in [-0.4, -0.2) is 39.3 Å². The number of likely N-dealkylation sites (tertiary alicyclic amines) is 1. The van der Waals surface area contributed by atoms with Gasteiger partial charge in [0.05, 0.1) is 5.41 Å². The Morgan fingerprint density at radius 2 is 2.16 bits per heavy atom. The van der Waals surface area contributed by atoms with Gasteiger partial charge in [0.25, 0.3) is 0 Å². The molecule has 0 aliphatic carbocycles. The third-order valence-corrected chi connectivity index (χ3v) is 3.75. The summed E-state index contributed by atoms with van der Waals surface area (Å²) in [6.45, 7) is 3.55. The third kappa shape index (κ3) is 2.98. The van der Waals surface area contributed by atoms with Crippen LogP contribution in [0.2, 0.25) is 0 Å². The largest absolute Gasteiger partial charge is 0.508 e. The zero-order valence-electron chi connectivity index (χ0n) is 11.0. The van der Waals surface area contributed by atoms with Gasteiger partial charge in [-0.05, 0) is 32.4 Å². The van der Waals surface area contributed by atoms with Crippen molar-refractivity contribution < 1.29 is 20.1 Å². The molecule has 0 amide bonds. The predicted octanol–water partition coefficient (Wildman–Crippen LogP) is 1.78. The first kappa shape index (κ1) is 13.7. The molecule has 1 fully saturated rings. The van der Waals surface area contributed by atoms with Crippen molar-refractivity contribution in [1.82, 2.24) is 4.90 Å². The first-order valence-electron chi connectivity index (χ1n) is 6.37. The zero-order chi connectivity index (χ0) is 14.0. The predicted molar refractivity (Wildman–Crippen MR) is 70.0 cm³/mol. The Balaban J connectivity index is 2.09. The second-order valence-corrected chi connectivity index (χ2v) is 5.49. The van der Waals surface area contributed by atoms with Crippen molar-refractivity contribution in [2.75, 3.05) is 13.1 Å². The molecule has 1 aromatic rings. The Bertz CT molecular complexity index is 488. The SMILES string of the molecule is CC1(C(=O)O)CCCN(Cc2ccc(O)cc2O)C1. The van der Waals surface area contributed by atoms with Gasteiger partial charge in [0, 0.05) is 24.7 Å². The molecule has 1 atom stereocenters. The Morgan fingerprint density at radius 1 is 1.42 bits per heavy atom. The van der Waals surface area contributed by atoms with Gasteiger partial charge in [-0.3, -0.25) is 9.69 Å². The van der Waals surface area contributed by atoms with Gasteiger partial charge in [-0.25, -0.2) is 0 Å². The zero-order valence-corrected chi connectivity index (χ0v) is 11.0. The lowest BCUT2D eigenvalue weighted by Crippen LogP contribution is -2.45. The van der Waals surface area contributed by atoms with Gasteiger partial charge in [0.1, 0.15) is 11.5 Å². The number of hydrogen-bond acceptors (Lipinski definition) is 4. The van der Waals surface area contributed by atoms with Gasteiger partial charge in [0.2, 0.25) is 0 Å². The minimum Gasteiger partial charge on any atom is -0.508 e. The van der Waals surface area contributed by atoms with Crippen LogP contribution in [0.15, 0.2) is 18.2 Å². The lowest BCUT2D eigenvalue weighted by molar-refractivity contribution is -0.151. The summed E-state index contributed by atoms with van der Waals surface area (Å²) in [6.07, 6.45) is 1.52. The molecule has 1 saturated heterocycles. The standard InChI is InChI=1S/C14H19NO4/c1-14(13(18)19)5-2-6-15(9-14)8-10-3-4-11(16)7-12(10)17/h3-4,7,16-17H,2,5-6,8-9H2,1H3,(H,18,19). The van der Waals surface area contributed by atoms with Gasteiger partial charge < -0.3 is 15.3 Å². The number of nitrogens with zero attached hydrogens (tertiary/aromatic N) is 1. The summed E-state index contributed by atoms with van der Waals surface area (Å²) in [7, 11) is 0. The highest BCUT2D eigenvalue weighted by atomic mass is 16.4. The van der Waals surface area contributed by atoms with Crippen molar-refractivity contribution in [2.24, 2.45) is 5.41 Å². The van der Waals surface area contributed by atoms with Crippen molar-refractivity contribution in [2.45, 2.75) is 26.3 Å². The van der Waals surface area contributed by atoms with Crippen LogP contribution in [0.4, 0.5) is 0 Å². The first-order chi connectivity index (χ1) is 8.90. The molecule has 0 saturated carbocycles. The van der Waals surface area contributed by atoms with Crippen molar-refractivity contribution >= 4 is 5.97 Å². The maximum Gasteiger partial charge on any atom is 0.310 e. The van der Waals surface area contributed by atoms with Crippen LogP contribution in [0.5, 0.6) is 11.5 Å². The van der Waals surface area contributed by atoms with Crippen LogP contribution in [0, 0.1) is 5.41 Å². The molecule has 1 aromatic carbocycles. The van der Waals surface area contributed by atoms with Gasteiger partial charge in [-0.1, -0.05) is 6.07 Å². The van der Waals surface area contributed by atoms with Crippen molar-refractivity contribution in [3.05, 3.63) is 23.8 Å². The molecule has 1 heterocycles. The van der Waals surface area contributed by atoms with E-state index in [1.807, 2.05) is 4.90 Å². The molecule has 19 heavy (non-hydrogen) atoms. The van der Waals surface area contributed by atoms with Crippen molar-refractivity contribution in [3.63, 3.8) is 0 Å². The minimum atomic E-state index is -0.771. The van der Waals surface area contributed by atoms with Crippen LogP contribution in [0.25, 0.3) is 0 Å². The molecule has 1 aliphatic heterocycles. The Morgan fingerprint density at radius 3 is 2.79 bits per heavy atom. The number of piperidine rings is 1. The number of aliphatic carboxylic acids is 1. The number of aromatic hydroxyl groups is 2. The van der Waals surface area contributed by atoms with Crippen molar-refractivity contribution in [1.29, 1.82) is 0 Å². The highest BCUT2D eigenvalue weighted by Gasteiger charge is 2.37. The molecule has 2 rings (SSSR count). The summed E-state index contributed by atoms with van der Waals surface area (Å²) in [5.41, 5.74) is -0.0161.